The van der Waals surface area contributed by atoms with Crippen LogP contribution in [0.4, 0.5) is 5.13 Å². The molecule has 0 spiro atoms. The summed E-state index contributed by atoms with van der Waals surface area (Å²) in [4.78, 5) is 18.7. The lowest BCUT2D eigenvalue weighted by molar-refractivity contribution is -0.118. The van der Waals surface area contributed by atoms with Crippen molar-refractivity contribution < 1.29 is 14.3 Å². The summed E-state index contributed by atoms with van der Waals surface area (Å²) < 4.78 is 10.9. The number of amides is 1. The lowest BCUT2D eigenvalue weighted by Crippen LogP contribution is -2.27. The van der Waals surface area contributed by atoms with E-state index >= 15 is 0 Å². The number of carbonyl (C=O) groups excluding carboxylic acids is 1. The predicted octanol–water partition coefficient (Wildman–Crippen LogP) is 5.00. The molecule has 0 saturated heterocycles. The van der Waals surface area contributed by atoms with E-state index in [9.17, 15) is 4.79 Å². The summed E-state index contributed by atoms with van der Waals surface area (Å²) in [6, 6.07) is 14.2. The third kappa shape index (κ3) is 3.17. The van der Waals surface area contributed by atoms with Gasteiger partial charge in [-0.2, -0.15) is 0 Å². The Morgan fingerprint density at radius 1 is 1.17 bits per heavy atom. The topological polar surface area (TPSA) is 60.5 Å². The van der Waals surface area contributed by atoms with E-state index in [-0.39, 0.29) is 18.6 Å². The normalized spacial score (nSPS) is 17.0. The smallest absolute Gasteiger partial charge is 0.236 e. The van der Waals surface area contributed by atoms with E-state index in [1.807, 2.05) is 24.4 Å². The van der Waals surface area contributed by atoms with Crippen molar-refractivity contribution in [3.63, 3.8) is 0 Å². The molecule has 5 nitrogen and oxygen atoms in total. The molecule has 1 atom stereocenters. The summed E-state index contributed by atoms with van der Waals surface area (Å²) in [5, 5.41) is 3.70. The SMILES string of the molecule is Cc1ccccc1C(C)c1cnc(NC(=O)C2(c3ccc4c(c3)OCO4)CC2)s1. The van der Waals surface area contributed by atoms with Crippen molar-refractivity contribution in [2.45, 2.75) is 38.0 Å². The number of aromatic nitrogens is 1. The first-order valence-electron chi connectivity index (χ1n) is 9.80. The van der Waals surface area contributed by atoms with Gasteiger partial charge in [0.2, 0.25) is 12.7 Å². The fourth-order valence-electron chi connectivity index (χ4n) is 3.95. The van der Waals surface area contributed by atoms with Gasteiger partial charge in [0.25, 0.3) is 0 Å². The zero-order chi connectivity index (χ0) is 20.0. The Bertz CT molecular complexity index is 1090. The van der Waals surface area contributed by atoms with Gasteiger partial charge in [-0.3, -0.25) is 4.79 Å². The van der Waals surface area contributed by atoms with Gasteiger partial charge in [0.15, 0.2) is 16.6 Å². The molecule has 29 heavy (non-hydrogen) atoms. The van der Waals surface area contributed by atoms with Gasteiger partial charge in [0, 0.05) is 17.0 Å². The van der Waals surface area contributed by atoms with E-state index in [2.05, 4.69) is 48.4 Å². The third-order valence-electron chi connectivity index (χ3n) is 5.94. The molecule has 1 aliphatic heterocycles. The highest BCUT2D eigenvalue weighted by molar-refractivity contribution is 7.15. The van der Waals surface area contributed by atoms with Gasteiger partial charge in [0.1, 0.15) is 0 Å². The van der Waals surface area contributed by atoms with Crippen LogP contribution in [0.5, 0.6) is 11.5 Å². The number of fused-ring (bicyclic) bond motifs is 1. The number of benzene rings is 2. The summed E-state index contributed by atoms with van der Waals surface area (Å²) in [6.07, 6.45) is 3.53. The van der Waals surface area contributed by atoms with Crippen LogP contribution in [0, 0.1) is 6.92 Å². The van der Waals surface area contributed by atoms with Crippen molar-refractivity contribution in [2.75, 3.05) is 12.1 Å². The molecule has 1 amide bonds. The van der Waals surface area contributed by atoms with Crippen molar-refractivity contribution in [2.24, 2.45) is 0 Å². The van der Waals surface area contributed by atoms with E-state index in [0.29, 0.717) is 10.9 Å². The van der Waals surface area contributed by atoms with Crippen LogP contribution in [0.1, 0.15) is 47.3 Å². The van der Waals surface area contributed by atoms with E-state index in [1.165, 1.54) is 11.1 Å². The standard InChI is InChI=1S/C23H22N2O3S/c1-14-5-3-4-6-17(14)15(2)20-12-24-22(29-20)25-21(26)23(9-10-23)16-7-8-18-19(11-16)28-13-27-18/h3-8,11-12,15H,9-10,13H2,1-2H3,(H,24,25,26). The van der Waals surface area contributed by atoms with Crippen LogP contribution in [0.25, 0.3) is 0 Å². The second-order valence-corrected chi connectivity index (χ2v) is 8.81. The average Bonchev–Trinajstić information content (AvgIpc) is 3.18. The number of thiazole rings is 1. The lowest BCUT2D eigenvalue weighted by Gasteiger charge is -2.15. The molecule has 2 aliphatic rings. The number of nitrogens with zero attached hydrogens (tertiary/aromatic N) is 1. The van der Waals surface area contributed by atoms with E-state index in [4.69, 9.17) is 9.47 Å². The Hall–Kier alpha value is -2.86. The lowest BCUT2D eigenvalue weighted by atomic mass is 9.94. The molecule has 1 N–H and O–H groups in total. The number of rotatable bonds is 5. The summed E-state index contributed by atoms with van der Waals surface area (Å²) >= 11 is 1.54. The summed E-state index contributed by atoms with van der Waals surface area (Å²) in [5.41, 5.74) is 3.03. The molecular formula is C23H22N2O3S. The zero-order valence-electron chi connectivity index (χ0n) is 16.4. The van der Waals surface area contributed by atoms with Gasteiger partial charge in [-0.25, -0.2) is 4.98 Å². The maximum Gasteiger partial charge on any atom is 0.236 e. The molecule has 1 aromatic heterocycles. The number of anilines is 1. The van der Waals surface area contributed by atoms with E-state index in [1.54, 1.807) is 11.3 Å². The maximum atomic E-state index is 13.1. The van der Waals surface area contributed by atoms with Crippen molar-refractivity contribution in [1.82, 2.24) is 4.98 Å². The van der Waals surface area contributed by atoms with Gasteiger partial charge < -0.3 is 14.8 Å². The molecular weight excluding hydrogens is 384 g/mol. The van der Waals surface area contributed by atoms with Gasteiger partial charge >= 0.3 is 0 Å². The maximum absolute atomic E-state index is 13.1. The van der Waals surface area contributed by atoms with Gasteiger partial charge in [0.05, 0.1) is 5.41 Å². The highest BCUT2D eigenvalue weighted by Crippen LogP contribution is 2.51. The van der Waals surface area contributed by atoms with Crippen LogP contribution in [0.2, 0.25) is 0 Å². The number of ether oxygens (including phenoxy) is 2. The molecule has 3 aromatic rings. The Kier molecular flexibility index (Phi) is 4.32. The fourth-order valence-corrected chi connectivity index (χ4v) is 4.83. The predicted molar refractivity (Wildman–Crippen MR) is 113 cm³/mol. The summed E-state index contributed by atoms with van der Waals surface area (Å²) in [6.45, 7) is 4.53. The van der Waals surface area contributed by atoms with Crippen LogP contribution < -0.4 is 14.8 Å². The molecule has 1 aliphatic carbocycles. The molecule has 2 aromatic carbocycles. The first-order valence-corrected chi connectivity index (χ1v) is 10.6. The minimum atomic E-state index is -0.492. The van der Waals surface area contributed by atoms with Crippen molar-refractivity contribution >= 4 is 22.4 Å². The van der Waals surface area contributed by atoms with Crippen LogP contribution in [-0.2, 0) is 10.2 Å². The number of aryl methyl sites for hydroxylation is 1. The second kappa shape index (κ2) is 6.88. The van der Waals surface area contributed by atoms with Gasteiger partial charge in [-0.05, 0) is 48.6 Å². The molecule has 1 saturated carbocycles. The average molecular weight is 407 g/mol. The Balaban J connectivity index is 1.33. The molecule has 148 valence electrons. The highest BCUT2D eigenvalue weighted by atomic mass is 32.1. The van der Waals surface area contributed by atoms with Crippen molar-refractivity contribution in [3.05, 3.63) is 70.2 Å². The molecule has 0 bridgehead atoms. The molecule has 5 rings (SSSR count). The number of hydrogen-bond acceptors (Lipinski definition) is 5. The van der Waals surface area contributed by atoms with E-state index < -0.39 is 5.41 Å². The molecule has 0 radical (unpaired) electrons. The number of carbonyl (C=O) groups is 1. The quantitative estimate of drug-likeness (QED) is 0.648. The van der Waals surface area contributed by atoms with Crippen molar-refractivity contribution in [3.8, 4) is 11.5 Å². The van der Waals surface area contributed by atoms with Crippen molar-refractivity contribution in [1.29, 1.82) is 0 Å². The number of nitrogens with one attached hydrogen (secondary N) is 1. The summed E-state index contributed by atoms with van der Waals surface area (Å²) in [7, 11) is 0. The molecule has 1 fully saturated rings. The Morgan fingerprint density at radius 2 is 1.97 bits per heavy atom. The number of hydrogen-bond donors (Lipinski definition) is 1. The monoisotopic (exact) mass is 406 g/mol. The third-order valence-corrected chi connectivity index (χ3v) is 7.03. The first kappa shape index (κ1) is 18.2. The highest BCUT2D eigenvalue weighted by Gasteiger charge is 2.52. The zero-order valence-corrected chi connectivity index (χ0v) is 17.2. The first-order chi connectivity index (χ1) is 14.1. The minimum absolute atomic E-state index is 0.000750. The van der Waals surface area contributed by atoms with Crippen LogP contribution >= 0.6 is 11.3 Å². The second-order valence-electron chi connectivity index (χ2n) is 7.75. The summed E-state index contributed by atoms with van der Waals surface area (Å²) in [5.74, 6) is 1.69. The molecule has 2 heterocycles. The largest absolute Gasteiger partial charge is 0.454 e. The van der Waals surface area contributed by atoms with E-state index in [0.717, 1.165) is 29.0 Å². The Morgan fingerprint density at radius 3 is 2.76 bits per heavy atom. The minimum Gasteiger partial charge on any atom is -0.454 e. The fraction of sp³-hybridized carbons (Fsp3) is 0.304. The van der Waals surface area contributed by atoms with Crippen LogP contribution in [0.3, 0.4) is 0 Å². The Labute approximate surface area is 173 Å². The van der Waals surface area contributed by atoms with Gasteiger partial charge in [-0.15, -0.1) is 11.3 Å². The molecule has 1 unspecified atom stereocenters. The van der Waals surface area contributed by atoms with Crippen LogP contribution in [0.15, 0.2) is 48.7 Å². The van der Waals surface area contributed by atoms with Crippen LogP contribution in [-0.4, -0.2) is 17.7 Å². The molecule has 6 heteroatoms. The van der Waals surface area contributed by atoms with Gasteiger partial charge in [-0.1, -0.05) is 37.3 Å².